The minimum atomic E-state index is -0.256. The predicted octanol–water partition coefficient (Wildman–Crippen LogP) is 1.28. The number of hydrogen-bond donors (Lipinski definition) is 0. The normalized spacial score (nSPS) is 20.5. The number of carbonyl (C=O) groups is 1. The van der Waals surface area contributed by atoms with Gasteiger partial charge >= 0.3 is 0 Å². The zero-order chi connectivity index (χ0) is 8.97. The summed E-state index contributed by atoms with van der Waals surface area (Å²) in [5, 5.41) is -0.256. The van der Waals surface area contributed by atoms with E-state index >= 15 is 0 Å². The van der Waals surface area contributed by atoms with Gasteiger partial charge in [-0.25, -0.2) is 0 Å². The van der Waals surface area contributed by atoms with Crippen molar-refractivity contribution in [2.45, 2.75) is 19.4 Å². The Morgan fingerprint density at radius 1 is 1.54 bits per heavy atom. The summed E-state index contributed by atoms with van der Waals surface area (Å²) in [4.78, 5) is 12.8. The topological polar surface area (TPSA) is 29.5 Å². The Bertz CT molecular complexity index is 160. The van der Waals surface area contributed by atoms with Crippen LogP contribution in [0, 0.1) is 0 Å². The highest BCUT2D eigenvalue weighted by Gasteiger charge is 2.18. The molecule has 0 saturated carbocycles. The molecule has 1 fully saturated rings. The van der Waals surface area contributed by atoms with Gasteiger partial charge in [-0.05, 0) is 18.5 Å². The second-order valence-corrected chi connectivity index (χ2v) is 3.48. The van der Waals surface area contributed by atoms with Gasteiger partial charge in [0.25, 0.3) is 0 Å². The van der Waals surface area contributed by atoms with Crippen molar-refractivity contribution in [2.24, 2.45) is 0 Å². The Labute approximate surface area is 89.8 Å². The fourth-order valence-electron chi connectivity index (χ4n) is 1.38. The van der Waals surface area contributed by atoms with Crippen molar-refractivity contribution < 1.29 is 9.53 Å². The lowest BCUT2D eigenvalue weighted by molar-refractivity contribution is -0.113. The molecule has 78 valence electrons. The zero-order valence-corrected chi connectivity index (χ0v) is 9.24. The van der Waals surface area contributed by atoms with Gasteiger partial charge in [-0.1, -0.05) is 0 Å². The van der Waals surface area contributed by atoms with E-state index in [4.69, 9.17) is 16.3 Å². The van der Waals surface area contributed by atoms with E-state index in [0.717, 1.165) is 26.3 Å². The molecule has 0 aliphatic carbocycles. The Balaban J connectivity index is 0.00000144. The molecule has 0 aromatic rings. The number of rotatable bonds is 3. The number of morpholine rings is 1. The molecule has 3 nitrogen and oxygen atoms in total. The minimum absolute atomic E-state index is 0. The molecule has 1 aliphatic heterocycles. The molecule has 1 heterocycles. The first-order valence-corrected chi connectivity index (χ1v) is 4.58. The lowest BCUT2D eigenvalue weighted by atomic mass is 10.2. The van der Waals surface area contributed by atoms with E-state index < -0.39 is 0 Å². The van der Waals surface area contributed by atoms with Crippen molar-refractivity contribution >= 4 is 29.3 Å². The molecule has 5 heteroatoms. The summed E-state index contributed by atoms with van der Waals surface area (Å²) < 4.78 is 5.20. The van der Waals surface area contributed by atoms with Crippen LogP contribution in [-0.2, 0) is 9.53 Å². The van der Waals surface area contributed by atoms with Crippen LogP contribution >= 0.6 is 24.0 Å². The Morgan fingerprint density at radius 3 is 2.54 bits per heavy atom. The largest absolute Gasteiger partial charge is 0.379 e. The number of nitrogens with zero attached hydrogens (tertiary/aromatic N) is 1. The van der Waals surface area contributed by atoms with Crippen LogP contribution in [0.2, 0.25) is 0 Å². The maximum atomic E-state index is 10.6. The van der Waals surface area contributed by atoms with Crippen molar-refractivity contribution in [3.63, 3.8) is 0 Å². The second-order valence-electron chi connectivity index (χ2n) is 3.06. The summed E-state index contributed by atoms with van der Waals surface area (Å²) in [6.45, 7) is 5.36. The summed E-state index contributed by atoms with van der Waals surface area (Å²) in [6, 6.07) is 0.249. The van der Waals surface area contributed by atoms with Gasteiger partial charge in [0.15, 0.2) is 0 Å². The first-order chi connectivity index (χ1) is 5.70. The highest BCUT2D eigenvalue weighted by atomic mass is 35.5. The van der Waals surface area contributed by atoms with Crippen LogP contribution in [0.5, 0.6) is 0 Å². The molecule has 0 radical (unpaired) electrons. The smallest absolute Gasteiger partial charge is 0.223 e. The Morgan fingerprint density at radius 2 is 2.08 bits per heavy atom. The molecule has 13 heavy (non-hydrogen) atoms. The summed E-state index contributed by atoms with van der Waals surface area (Å²) in [7, 11) is 0. The number of carbonyl (C=O) groups excluding carboxylic acids is 1. The van der Waals surface area contributed by atoms with Crippen LogP contribution in [0.4, 0.5) is 0 Å². The maximum absolute atomic E-state index is 10.6. The van der Waals surface area contributed by atoms with Gasteiger partial charge in [-0.2, -0.15) is 0 Å². The Hall–Kier alpha value is 0.170. The van der Waals surface area contributed by atoms with Gasteiger partial charge in [0.2, 0.25) is 5.24 Å². The molecule has 0 aromatic heterocycles. The third-order valence-electron chi connectivity index (χ3n) is 2.12. The van der Waals surface area contributed by atoms with E-state index in [2.05, 4.69) is 4.90 Å². The highest BCUT2D eigenvalue weighted by molar-refractivity contribution is 6.63. The van der Waals surface area contributed by atoms with E-state index in [1.54, 1.807) is 0 Å². The van der Waals surface area contributed by atoms with Gasteiger partial charge < -0.3 is 4.74 Å². The lowest BCUT2D eigenvalue weighted by Crippen LogP contribution is -2.42. The first-order valence-electron chi connectivity index (χ1n) is 4.20. The van der Waals surface area contributed by atoms with Crippen LogP contribution in [0.15, 0.2) is 0 Å². The predicted molar refractivity (Wildman–Crippen MR) is 54.6 cm³/mol. The SMILES string of the molecule is CC(CC(=O)Cl)N1CCOCC1.Cl. The van der Waals surface area contributed by atoms with Crippen molar-refractivity contribution in [3.8, 4) is 0 Å². The number of hydrogen-bond acceptors (Lipinski definition) is 3. The van der Waals surface area contributed by atoms with Gasteiger partial charge in [0.1, 0.15) is 0 Å². The van der Waals surface area contributed by atoms with E-state index in [1.165, 1.54) is 0 Å². The van der Waals surface area contributed by atoms with Gasteiger partial charge in [0, 0.05) is 25.6 Å². The van der Waals surface area contributed by atoms with Crippen LogP contribution < -0.4 is 0 Å². The molecular formula is C8H15Cl2NO2. The standard InChI is InChI=1S/C8H14ClNO2.ClH/c1-7(6-8(9)11)10-2-4-12-5-3-10;/h7H,2-6H2,1H3;1H. The summed E-state index contributed by atoms with van der Waals surface area (Å²) in [5.74, 6) is 0. The molecular weight excluding hydrogens is 213 g/mol. The van der Waals surface area contributed by atoms with Gasteiger partial charge in [0.05, 0.1) is 13.2 Å². The molecule has 1 saturated heterocycles. The van der Waals surface area contributed by atoms with Crippen LogP contribution in [-0.4, -0.2) is 42.5 Å². The molecule has 0 spiro atoms. The van der Waals surface area contributed by atoms with E-state index in [0.29, 0.717) is 6.42 Å². The van der Waals surface area contributed by atoms with E-state index in [-0.39, 0.29) is 23.7 Å². The summed E-state index contributed by atoms with van der Waals surface area (Å²) in [5.41, 5.74) is 0. The lowest BCUT2D eigenvalue weighted by Gasteiger charge is -2.31. The minimum Gasteiger partial charge on any atom is -0.379 e. The van der Waals surface area contributed by atoms with Crippen molar-refractivity contribution in [1.29, 1.82) is 0 Å². The fraction of sp³-hybridized carbons (Fsp3) is 0.875. The molecule has 1 rings (SSSR count). The van der Waals surface area contributed by atoms with Crippen molar-refractivity contribution in [2.75, 3.05) is 26.3 Å². The highest BCUT2D eigenvalue weighted by Crippen LogP contribution is 2.08. The zero-order valence-electron chi connectivity index (χ0n) is 7.66. The molecule has 1 aliphatic rings. The Kier molecular flexibility index (Phi) is 6.68. The van der Waals surface area contributed by atoms with Crippen molar-refractivity contribution in [3.05, 3.63) is 0 Å². The van der Waals surface area contributed by atoms with E-state index in [9.17, 15) is 4.79 Å². The fourth-order valence-corrected chi connectivity index (χ4v) is 1.60. The van der Waals surface area contributed by atoms with Crippen LogP contribution in [0.1, 0.15) is 13.3 Å². The third-order valence-corrected chi connectivity index (χ3v) is 2.28. The second kappa shape index (κ2) is 6.60. The van der Waals surface area contributed by atoms with Gasteiger partial charge in [-0.3, -0.25) is 9.69 Å². The summed E-state index contributed by atoms with van der Waals surface area (Å²) in [6.07, 6.45) is 0.432. The third kappa shape index (κ3) is 4.81. The number of ether oxygens (including phenoxy) is 1. The quantitative estimate of drug-likeness (QED) is 0.681. The molecule has 0 bridgehead atoms. The molecule has 1 unspecified atom stereocenters. The average Bonchev–Trinajstić information content (AvgIpc) is 2.05. The number of halogens is 2. The van der Waals surface area contributed by atoms with Crippen LogP contribution in [0.25, 0.3) is 0 Å². The molecule has 0 amide bonds. The van der Waals surface area contributed by atoms with E-state index in [1.807, 2.05) is 6.92 Å². The molecule has 0 N–H and O–H groups in total. The maximum Gasteiger partial charge on any atom is 0.223 e. The van der Waals surface area contributed by atoms with Crippen molar-refractivity contribution in [1.82, 2.24) is 4.90 Å². The molecule has 0 aromatic carbocycles. The van der Waals surface area contributed by atoms with Crippen LogP contribution in [0.3, 0.4) is 0 Å². The first kappa shape index (κ1) is 13.2. The summed E-state index contributed by atoms with van der Waals surface area (Å²) >= 11 is 5.30. The van der Waals surface area contributed by atoms with Gasteiger partial charge in [-0.15, -0.1) is 12.4 Å². The molecule has 1 atom stereocenters. The monoisotopic (exact) mass is 227 g/mol. The average molecular weight is 228 g/mol.